The second-order valence-electron chi connectivity index (χ2n) is 9.12. The second kappa shape index (κ2) is 11.4. The first-order valence-electron chi connectivity index (χ1n) is 12.5. The Balaban J connectivity index is 1.44. The summed E-state index contributed by atoms with van der Waals surface area (Å²) in [6.45, 7) is 1.90. The molecule has 0 aromatic heterocycles. The van der Waals surface area contributed by atoms with E-state index in [2.05, 4.69) is 46.3 Å². The molecule has 0 atom stereocenters. The van der Waals surface area contributed by atoms with Gasteiger partial charge >= 0.3 is 0 Å². The van der Waals surface area contributed by atoms with Crippen LogP contribution in [0.4, 0.5) is 0 Å². The van der Waals surface area contributed by atoms with Gasteiger partial charge in [-0.2, -0.15) is 13.5 Å². The minimum atomic E-state index is -3.74. The maximum atomic E-state index is 12.5. The number of hydrazone groups is 1. The molecular formula is C33H28N2O3S. The van der Waals surface area contributed by atoms with Gasteiger partial charge in [0.15, 0.2) is 5.60 Å². The van der Waals surface area contributed by atoms with Crippen molar-refractivity contribution in [2.75, 3.05) is 0 Å². The van der Waals surface area contributed by atoms with Gasteiger partial charge in [0, 0.05) is 16.7 Å². The number of sulfonamides is 1. The van der Waals surface area contributed by atoms with E-state index in [-0.39, 0.29) is 4.90 Å². The van der Waals surface area contributed by atoms with Gasteiger partial charge in [-0.3, -0.25) is 0 Å². The zero-order valence-electron chi connectivity index (χ0n) is 21.4. The SMILES string of the molecule is Cc1ccc(S(=O)(=O)N/N=C/c2ccc(OC(c3ccccc3)(c3ccccc3)c3ccccc3)cc2)cc1. The Hall–Kier alpha value is -4.68. The highest BCUT2D eigenvalue weighted by molar-refractivity contribution is 7.89. The van der Waals surface area contributed by atoms with E-state index in [1.807, 2.05) is 85.8 Å². The number of aryl methyl sites for hydroxylation is 1. The average Bonchev–Trinajstić information content (AvgIpc) is 2.98. The van der Waals surface area contributed by atoms with Crippen LogP contribution in [0.3, 0.4) is 0 Å². The third-order valence-electron chi connectivity index (χ3n) is 6.41. The van der Waals surface area contributed by atoms with Crippen LogP contribution in [0.15, 0.2) is 150 Å². The monoisotopic (exact) mass is 532 g/mol. The lowest BCUT2D eigenvalue weighted by molar-refractivity contribution is 0.155. The molecule has 0 saturated carbocycles. The molecule has 0 bridgehead atoms. The number of rotatable bonds is 9. The van der Waals surface area contributed by atoms with Gasteiger partial charge < -0.3 is 4.74 Å². The highest BCUT2D eigenvalue weighted by Crippen LogP contribution is 2.41. The van der Waals surface area contributed by atoms with Crippen LogP contribution in [0.2, 0.25) is 0 Å². The molecule has 6 heteroatoms. The average molecular weight is 533 g/mol. The Morgan fingerprint density at radius 2 is 1.10 bits per heavy atom. The molecule has 5 aromatic carbocycles. The van der Waals surface area contributed by atoms with Crippen molar-refractivity contribution in [3.05, 3.63) is 167 Å². The van der Waals surface area contributed by atoms with Crippen molar-refractivity contribution >= 4 is 16.2 Å². The predicted molar refractivity (Wildman–Crippen MR) is 155 cm³/mol. The van der Waals surface area contributed by atoms with E-state index in [1.54, 1.807) is 24.3 Å². The van der Waals surface area contributed by atoms with Crippen LogP contribution in [0.25, 0.3) is 0 Å². The normalized spacial score (nSPS) is 11.8. The third-order valence-corrected chi connectivity index (χ3v) is 7.65. The summed E-state index contributed by atoms with van der Waals surface area (Å²) in [5, 5.41) is 3.96. The van der Waals surface area contributed by atoms with E-state index in [0.29, 0.717) is 5.75 Å². The van der Waals surface area contributed by atoms with Crippen molar-refractivity contribution in [3.63, 3.8) is 0 Å². The molecule has 194 valence electrons. The third kappa shape index (κ3) is 5.76. The van der Waals surface area contributed by atoms with E-state index >= 15 is 0 Å². The zero-order chi connectivity index (χ0) is 27.1. The van der Waals surface area contributed by atoms with E-state index in [4.69, 9.17) is 4.74 Å². The van der Waals surface area contributed by atoms with Crippen LogP contribution >= 0.6 is 0 Å². The number of nitrogens with zero attached hydrogens (tertiary/aromatic N) is 1. The van der Waals surface area contributed by atoms with E-state index in [0.717, 1.165) is 27.8 Å². The van der Waals surface area contributed by atoms with Crippen molar-refractivity contribution < 1.29 is 13.2 Å². The molecule has 0 unspecified atom stereocenters. The molecule has 1 N–H and O–H groups in total. The first-order chi connectivity index (χ1) is 19.0. The number of benzene rings is 5. The van der Waals surface area contributed by atoms with E-state index in [1.165, 1.54) is 6.21 Å². The molecule has 0 saturated heterocycles. The number of ether oxygens (including phenoxy) is 1. The van der Waals surface area contributed by atoms with Crippen molar-refractivity contribution in [2.24, 2.45) is 5.10 Å². The predicted octanol–water partition coefficient (Wildman–Crippen LogP) is 6.68. The van der Waals surface area contributed by atoms with Gasteiger partial charge in [0.25, 0.3) is 10.0 Å². The Morgan fingerprint density at radius 1 is 0.641 bits per heavy atom. The number of nitrogens with one attached hydrogen (secondary N) is 1. The Bertz CT molecular complexity index is 1540. The largest absolute Gasteiger partial charge is 0.473 e. The van der Waals surface area contributed by atoms with Crippen LogP contribution in [0.1, 0.15) is 27.8 Å². The first kappa shape index (κ1) is 25.9. The fourth-order valence-electron chi connectivity index (χ4n) is 4.43. The molecular weight excluding hydrogens is 504 g/mol. The van der Waals surface area contributed by atoms with Gasteiger partial charge in [-0.25, -0.2) is 4.83 Å². The molecule has 0 spiro atoms. The van der Waals surface area contributed by atoms with Crippen molar-refractivity contribution in [2.45, 2.75) is 17.4 Å². The molecule has 0 heterocycles. The maximum Gasteiger partial charge on any atom is 0.276 e. The molecule has 0 amide bonds. The van der Waals surface area contributed by atoms with Gasteiger partial charge in [-0.1, -0.05) is 109 Å². The minimum absolute atomic E-state index is 0.160. The molecule has 39 heavy (non-hydrogen) atoms. The Labute approximate surface area is 229 Å². The molecule has 0 aliphatic heterocycles. The van der Waals surface area contributed by atoms with Gasteiger partial charge in [-0.05, 0) is 48.9 Å². The van der Waals surface area contributed by atoms with Gasteiger partial charge in [-0.15, -0.1) is 0 Å². The molecule has 0 aliphatic carbocycles. The lowest BCUT2D eigenvalue weighted by Gasteiger charge is -2.36. The van der Waals surface area contributed by atoms with Gasteiger partial charge in [0.1, 0.15) is 5.75 Å². The molecule has 0 radical (unpaired) electrons. The molecule has 0 fully saturated rings. The lowest BCUT2D eigenvalue weighted by Crippen LogP contribution is -2.36. The summed E-state index contributed by atoms with van der Waals surface area (Å²) in [5.74, 6) is 0.656. The second-order valence-corrected chi connectivity index (χ2v) is 10.8. The standard InChI is InChI=1S/C33H28N2O3S/c1-26-17-23-32(24-18-26)39(36,37)35-34-25-27-19-21-31(22-20-27)38-33(28-11-5-2-6-12-28,29-13-7-3-8-14-29)30-15-9-4-10-16-30/h2-25,35H,1H3/b34-25+. The summed E-state index contributed by atoms with van der Waals surface area (Å²) in [6, 6.07) is 44.5. The lowest BCUT2D eigenvalue weighted by atomic mass is 9.80. The topological polar surface area (TPSA) is 67.8 Å². The summed E-state index contributed by atoms with van der Waals surface area (Å²) in [6.07, 6.45) is 1.47. The highest BCUT2D eigenvalue weighted by Gasteiger charge is 2.38. The van der Waals surface area contributed by atoms with Gasteiger partial charge in [0.05, 0.1) is 11.1 Å². The molecule has 0 aliphatic rings. The molecule has 5 rings (SSSR count). The summed E-state index contributed by atoms with van der Waals surface area (Å²) < 4.78 is 31.9. The first-order valence-corrected chi connectivity index (χ1v) is 14.0. The maximum absolute atomic E-state index is 12.5. The molecule has 5 aromatic rings. The Morgan fingerprint density at radius 3 is 1.56 bits per heavy atom. The summed E-state index contributed by atoms with van der Waals surface area (Å²) in [7, 11) is -3.74. The quantitative estimate of drug-likeness (QED) is 0.131. The smallest absolute Gasteiger partial charge is 0.276 e. The van der Waals surface area contributed by atoms with Crippen molar-refractivity contribution in [1.29, 1.82) is 0 Å². The van der Waals surface area contributed by atoms with Crippen molar-refractivity contribution in [3.8, 4) is 5.75 Å². The number of hydrogen-bond donors (Lipinski definition) is 1. The Kier molecular flexibility index (Phi) is 7.57. The highest BCUT2D eigenvalue weighted by atomic mass is 32.2. The molecule has 5 nitrogen and oxygen atoms in total. The van der Waals surface area contributed by atoms with Crippen LogP contribution in [0, 0.1) is 6.92 Å². The fourth-order valence-corrected chi connectivity index (χ4v) is 5.23. The van der Waals surface area contributed by atoms with Crippen LogP contribution in [0.5, 0.6) is 5.75 Å². The fraction of sp³-hybridized carbons (Fsp3) is 0.0606. The van der Waals surface area contributed by atoms with Crippen LogP contribution in [-0.2, 0) is 15.6 Å². The van der Waals surface area contributed by atoms with Crippen LogP contribution < -0.4 is 9.57 Å². The van der Waals surface area contributed by atoms with E-state index < -0.39 is 15.6 Å². The van der Waals surface area contributed by atoms with Crippen molar-refractivity contribution in [1.82, 2.24) is 4.83 Å². The zero-order valence-corrected chi connectivity index (χ0v) is 22.3. The summed E-state index contributed by atoms with van der Waals surface area (Å²) >= 11 is 0. The summed E-state index contributed by atoms with van der Waals surface area (Å²) in [5.41, 5.74) is 3.81. The summed E-state index contributed by atoms with van der Waals surface area (Å²) in [4.78, 5) is 2.43. The van der Waals surface area contributed by atoms with Gasteiger partial charge in [0.2, 0.25) is 0 Å². The van der Waals surface area contributed by atoms with E-state index in [9.17, 15) is 8.42 Å². The number of hydrogen-bond acceptors (Lipinski definition) is 4. The van der Waals surface area contributed by atoms with Crippen LogP contribution in [-0.4, -0.2) is 14.6 Å². The minimum Gasteiger partial charge on any atom is -0.473 e.